The summed E-state index contributed by atoms with van der Waals surface area (Å²) in [4.78, 5) is 35.8. The molecule has 10 heteroatoms. The molecule has 1 atom stereocenters. The Kier molecular flexibility index (Phi) is 5.22. The second-order valence-electron chi connectivity index (χ2n) is 8.97. The number of hydroxylamine groups is 1. The van der Waals surface area contributed by atoms with E-state index in [1.807, 2.05) is 20.8 Å². The van der Waals surface area contributed by atoms with Crippen LogP contribution in [0.2, 0.25) is 0 Å². The maximum Gasteiger partial charge on any atom is 0.341 e. The molecule has 166 valence electrons. The Hall–Kier alpha value is -2.98. The van der Waals surface area contributed by atoms with E-state index in [2.05, 4.69) is 10.5 Å². The first-order valence-corrected chi connectivity index (χ1v) is 10.2. The molecular formula is C21H26FN5O4. The fourth-order valence-corrected chi connectivity index (χ4v) is 3.56. The molecule has 9 nitrogen and oxygen atoms in total. The molecule has 2 aromatic rings. The second kappa shape index (κ2) is 7.61. The van der Waals surface area contributed by atoms with Gasteiger partial charge >= 0.3 is 5.97 Å². The summed E-state index contributed by atoms with van der Waals surface area (Å²) in [6.45, 7) is 6.42. The van der Waals surface area contributed by atoms with Crippen molar-refractivity contribution in [2.45, 2.75) is 45.3 Å². The van der Waals surface area contributed by atoms with Gasteiger partial charge in [0.25, 0.3) is 0 Å². The van der Waals surface area contributed by atoms with Gasteiger partial charge in [0.2, 0.25) is 5.43 Å². The van der Waals surface area contributed by atoms with Crippen LogP contribution in [0.1, 0.15) is 50.0 Å². The second-order valence-corrected chi connectivity index (χ2v) is 8.97. The molecule has 1 unspecified atom stereocenters. The van der Waals surface area contributed by atoms with Gasteiger partial charge in [0.15, 0.2) is 11.6 Å². The lowest BCUT2D eigenvalue weighted by Crippen LogP contribution is -2.33. The third-order valence-corrected chi connectivity index (χ3v) is 5.29. The number of pyridine rings is 2. The first-order chi connectivity index (χ1) is 14.6. The van der Waals surface area contributed by atoms with Gasteiger partial charge in [-0.15, -0.1) is 0 Å². The lowest BCUT2D eigenvalue weighted by atomic mass is 10.1. The summed E-state index contributed by atoms with van der Waals surface area (Å²) in [5, 5.41) is 9.33. The summed E-state index contributed by atoms with van der Waals surface area (Å²) >= 11 is 0. The van der Waals surface area contributed by atoms with Crippen molar-refractivity contribution in [1.29, 1.82) is 0 Å². The summed E-state index contributed by atoms with van der Waals surface area (Å²) < 4.78 is 16.7. The Morgan fingerprint density at radius 1 is 1.42 bits per heavy atom. The number of halogens is 1. The van der Waals surface area contributed by atoms with Crippen molar-refractivity contribution < 1.29 is 19.1 Å². The van der Waals surface area contributed by atoms with Crippen molar-refractivity contribution in [3.8, 4) is 0 Å². The third kappa shape index (κ3) is 4.13. The topological polar surface area (TPSA) is 123 Å². The molecule has 31 heavy (non-hydrogen) atoms. The fraction of sp³-hybridized carbons (Fsp3) is 0.476. The van der Waals surface area contributed by atoms with Crippen molar-refractivity contribution in [3.63, 3.8) is 0 Å². The minimum Gasteiger partial charge on any atom is -0.477 e. The molecule has 0 saturated heterocycles. The van der Waals surface area contributed by atoms with Gasteiger partial charge in [0.05, 0.1) is 16.7 Å². The molecule has 2 aliphatic rings. The van der Waals surface area contributed by atoms with Crippen LogP contribution in [-0.4, -0.2) is 39.3 Å². The number of nitrogens with two attached hydrogens (primary N) is 1. The molecule has 4 N–H and O–H groups in total. The summed E-state index contributed by atoms with van der Waals surface area (Å²) in [5.74, 6) is -2.11. The van der Waals surface area contributed by atoms with Crippen LogP contribution >= 0.6 is 0 Å². The zero-order valence-corrected chi connectivity index (χ0v) is 17.7. The number of hydrogen-bond donors (Lipinski definition) is 3. The van der Waals surface area contributed by atoms with E-state index in [0.717, 1.165) is 18.9 Å². The van der Waals surface area contributed by atoms with E-state index >= 15 is 4.39 Å². The lowest BCUT2D eigenvalue weighted by Gasteiger charge is -2.22. The first-order valence-electron chi connectivity index (χ1n) is 10.2. The van der Waals surface area contributed by atoms with E-state index < -0.39 is 22.8 Å². The van der Waals surface area contributed by atoms with Gasteiger partial charge < -0.3 is 20.3 Å². The summed E-state index contributed by atoms with van der Waals surface area (Å²) in [6, 6.07) is 1.13. The molecule has 1 fully saturated rings. The van der Waals surface area contributed by atoms with Crippen molar-refractivity contribution >= 4 is 22.8 Å². The zero-order valence-electron chi connectivity index (χ0n) is 17.7. The molecule has 0 aromatic carbocycles. The number of aromatic carboxylic acids is 1. The predicted octanol–water partition coefficient (Wildman–Crippen LogP) is 2.12. The van der Waals surface area contributed by atoms with Gasteiger partial charge in [0.1, 0.15) is 11.2 Å². The van der Waals surface area contributed by atoms with Gasteiger partial charge in [-0.2, -0.15) is 0 Å². The molecular weight excluding hydrogens is 405 g/mol. The number of aromatic nitrogens is 2. The normalized spacial score (nSPS) is 19.1. The molecule has 0 radical (unpaired) electrons. The Morgan fingerprint density at radius 2 is 2.13 bits per heavy atom. The molecule has 0 bridgehead atoms. The SMILES string of the molecule is CC(C)(C)ONC1=CN(c2nc3c(cc2F)c(=O)c(C(=O)O)cn3C2CC2)CC1CN. The number of carboxylic acid groups (broad SMARTS) is 1. The lowest BCUT2D eigenvalue weighted by molar-refractivity contribution is -0.0607. The van der Waals surface area contributed by atoms with Crippen molar-refractivity contribution in [2.24, 2.45) is 11.7 Å². The Bertz CT molecular complexity index is 1130. The van der Waals surface area contributed by atoms with Crippen LogP contribution in [0.3, 0.4) is 0 Å². The van der Waals surface area contributed by atoms with Gasteiger partial charge in [-0.25, -0.2) is 14.2 Å². The quantitative estimate of drug-likeness (QED) is 0.595. The van der Waals surface area contributed by atoms with Crippen molar-refractivity contribution in [2.75, 3.05) is 18.0 Å². The average molecular weight is 431 g/mol. The van der Waals surface area contributed by atoms with E-state index in [4.69, 9.17) is 10.6 Å². The maximum atomic E-state index is 15.1. The fourth-order valence-electron chi connectivity index (χ4n) is 3.56. The van der Waals surface area contributed by atoms with E-state index in [1.54, 1.807) is 15.7 Å². The number of rotatable bonds is 6. The minimum absolute atomic E-state index is 0.0407. The van der Waals surface area contributed by atoms with Gasteiger partial charge in [0, 0.05) is 37.4 Å². The monoisotopic (exact) mass is 431 g/mol. The van der Waals surface area contributed by atoms with Crippen LogP contribution in [0.5, 0.6) is 0 Å². The van der Waals surface area contributed by atoms with Crippen LogP contribution in [-0.2, 0) is 4.84 Å². The van der Waals surface area contributed by atoms with Gasteiger partial charge in [-0.3, -0.25) is 15.1 Å². The molecule has 0 amide bonds. The van der Waals surface area contributed by atoms with E-state index in [0.29, 0.717) is 18.8 Å². The van der Waals surface area contributed by atoms with E-state index in [-0.39, 0.29) is 34.4 Å². The average Bonchev–Trinajstić information content (AvgIpc) is 3.45. The van der Waals surface area contributed by atoms with Gasteiger partial charge in [-0.1, -0.05) is 0 Å². The van der Waals surface area contributed by atoms with Crippen LogP contribution in [0.4, 0.5) is 10.2 Å². The highest BCUT2D eigenvalue weighted by molar-refractivity contribution is 5.92. The number of anilines is 1. The van der Waals surface area contributed by atoms with Crippen molar-refractivity contribution in [3.05, 3.63) is 45.8 Å². The molecule has 0 spiro atoms. The highest BCUT2D eigenvalue weighted by Gasteiger charge is 2.31. The number of carbonyl (C=O) groups is 1. The van der Waals surface area contributed by atoms with Gasteiger partial charge in [-0.05, 0) is 39.7 Å². The largest absolute Gasteiger partial charge is 0.477 e. The smallest absolute Gasteiger partial charge is 0.341 e. The number of carboxylic acids is 1. The van der Waals surface area contributed by atoms with Crippen LogP contribution in [0.25, 0.3) is 11.0 Å². The molecule has 3 heterocycles. The highest BCUT2D eigenvalue weighted by Crippen LogP contribution is 2.37. The summed E-state index contributed by atoms with van der Waals surface area (Å²) in [6.07, 6.45) is 4.71. The van der Waals surface area contributed by atoms with Crippen LogP contribution in [0, 0.1) is 11.7 Å². The number of fused-ring (bicyclic) bond motifs is 1. The molecule has 4 rings (SSSR count). The minimum atomic E-state index is -1.34. The van der Waals surface area contributed by atoms with Crippen LogP contribution in [0.15, 0.2) is 29.0 Å². The Morgan fingerprint density at radius 3 is 2.71 bits per heavy atom. The first kappa shape index (κ1) is 21.3. The zero-order chi connectivity index (χ0) is 22.5. The molecule has 1 aliphatic carbocycles. The molecule has 1 aliphatic heterocycles. The number of nitrogens with one attached hydrogen (secondary N) is 1. The van der Waals surface area contributed by atoms with Crippen LogP contribution < -0.4 is 21.5 Å². The maximum absolute atomic E-state index is 15.1. The summed E-state index contributed by atoms with van der Waals surface area (Å²) in [5.41, 5.74) is 8.24. The Labute approximate surface area is 178 Å². The Balaban J connectivity index is 1.78. The standard InChI is InChI=1S/C21H26FN5O4/c1-21(2,3)31-25-16-10-26(8-11(16)7-23)19-15(22)6-13-17(28)14(20(29)30)9-27(12-4-5-12)18(13)24-19/h6,9-12,25H,4-5,7-8,23H2,1-3H3,(H,29,30). The summed E-state index contributed by atoms with van der Waals surface area (Å²) in [7, 11) is 0. The predicted molar refractivity (Wildman–Crippen MR) is 113 cm³/mol. The van der Waals surface area contributed by atoms with E-state index in [1.165, 1.54) is 6.20 Å². The third-order valence-electron chi connectivity index (χ3n) is 5.29. The van der Waals surface area contributed by atoms with Crippen molar-refractivity contribution in [1.82, 2.24) is 15.0 Å². The highest BCUT2D eigenvalue weighted by atomic mass is 19.1. The molecule has 1 saturated carbocycles. The molecule has 2 aromatic heterocycles. The number of nitrogens with zero attached hydrogens (tertiary/aromatic N) is 3. The van der Waals surface area contributed by atoms with E-state index in [9.17, 15) is 14.7 Å². The number of hydrogen-bond acceptors (Lipinski definition) is 7.